The van der Waals surface area contributed by atoms with E-state index in [4.69, 9.17) is 5.73 Å². The molecule has 1 fully saturated rings. The summed E-state index contributed by atoms with van der Waals surface area (Å²) in [6, 6.07) is 12.5. The average Bonchev–Trinajstić information content (AvgIpc) is 3.27. The minimum atomic E-state index is 0.749. The molecule has 0 unspecified atom stereocenters. The first-order valence-corrected chi connectivity index (χ1v) is 11.5. The van der Waals surface area contributed by atoms with Gasteiger partial charge in [0, 0.05) is 35.9 Å². The maximum absolute atomic E-state index is 6.34. The van der Waals surface area contributed by atoms with Crippen LogP contribution in [0.25, 0.3) is 16.6 Å². The Kier molecular flexibility index (Phi) is 8.69. The number of nitrogens with one attached hydrogen (secondary N) is 1. The number of hydrogen-bond acceptors (Lipinski definition) is 3. The third kappa shape index (κ3) is 6.25. The van der Waals surface area contributed by atoms with Crippen LogP contribution in [0.1, 0.15) is 43.0 Å². The van der Waals surface area contributed by atoms with Crippen LogP contribution in [-0.2, 0) is 6.42 Å². The third-order valence-corrected chi connectivity index (χ3v) is 6.07. The minimum Gasteiger partial charge on any atom is -0.398 e. The van der Waals surface area contributed by atoms with Crippen LogP contribution in [0.15, 0.2) is 73.0 Å². The maximum atomic E-state index is 6.34. The molecule has 170 valence electrons. The zero-order valence-corrected chi connectivity index (χ0v) is 19.6. The van der Waals surface area contributed by atoms with E-state index in [1.807, 2.05) is 24.4 Å². The van der Waals surface area contributed by atoms with Gasteiger partial charge in [0.05, 0.1) is 0 Å². The molecule has 4 rings (SSSR count). The zero-order valence-electron chi connectivity index (χ0n) is 19.6. The predicted molar refractivity (Wildman–Crippen MR) is 142 cm³/mol. The number of pyridine rings is 1. The largest absolute Gasteiger partial charge is 0.398 e. The number of piperidine rings is 1. The van der Waals surface area contributed by atoms with Gasteiger partial charge in [0.1, 0.15) is 5.65 Å². The minimum absolute atomic E-state index is 0.749. The van der Waals surface area contributed by atoms with Gasteiger partial charge in [-0.2, -0.15) is 0 Å². The number of benzene rings is 1. The zero-order chi connectivity index (χ0) is 23.6. The van der Waals surface area contributed by atoms with Crippen LogP contribution in [0.5, 0.6) is 0 Å². The molecule has 0 aliphatic carbocycles. The SMILES string of the molecule is C#C.C=C/C(=C\C(=C/C)c1ccc(N)c(Cc2cc3cccnc3[nH]2)c1)CN1CCCCC1. The molecule has 2 aromatic heterocycles. The molecule has 0 radical (unpaired) electrons. The number of H-pyrrole nitrogens is 1. The van der Waals surface area contributed by atoms with Gasteiger partial charge < -0.3 is 10.7 Å². The Hall–Kier alpha value is -3.55. The molecule has 3 heterocycles. The second kappa shape index (κ2) is 11.9. The van der Waals surface area contributed by atoms with Crippen LogP contribution in [-0.4, -0.2) is 34.5 Å². The Morgan fingerprint density at radius 3 is 2.67 bits per heavy atom. The van der Waals surface area contributed by atoms with Crippen LogP contribution in [0.2, 0.25) is 0 Å². The van der Waals surface area contributed by atoms with Crippen LogP contribution < -0.4 is 5.73 Å². The number of likely N-dealkylation sites (tertiary alicyclic amines) is 1. The van der Waals surface area contributed by atoms with Gasteiger partial charge in [-0.05, 0) is 85.5 Å². The maximum Gasteiger partial charge on any atom is 0.137 e. The molecular weight excluding hydrogens is 404 g/mol. The number of fused-ring (bicyclic) bond motifs is 1. The van der Waals surface area contributed by atoms with Crippen LogP contribution in [0.3, 0.4) is 0 Å². The summed E-state index contributed by atoms with van der Waals surface area (Å²) in [6.07, 6.45) is 20.9. The fraction of sp³-hybridized carbons (Fsp3) is 0.276. The standard InChI is InChI=1S/C27H32N4.C2H2/c1-3-20(19-31-13-6-5-7-14-31)15-21(4-2)22-10-11-26(28)24(16-22)18-25-17-23-9-8-12-29-27(23)30-25;1-2/h3-4,8-12,15-17H,1,5-7,13-14,18-19,28H2,2H3,(H,29,30);1-2H/b20-15+,21-4+;. The molecule has 0 bridgehead atoms. The molecular formula is C29H34N4. The van der Waals surface area contributed by atoms with Crippen molar-refractivity contribution in [2.24, 2.45) is 0 Å². The van der Waals surface area contributed by atoms with Gasteiger partial charge in [0.2, 0.25) is 0 Å². The Morgan fingerprint density at radius 2 is 1.97 bits per heavy atom. The monoisotopic (exact) mass is 438 g/mol. The van der Waals surface area contributed by atoms with Crippen molar-refractivity contribution in [2.75, 3.05) is 25.4 Å². The number of allylic oxidation sites excluding steroid dienone is 3. The lowest BCUT2D eigenvalue weighted by molar-refractivity contribution is 0.248. The Labute approximate surface area is 197 Å². The van der Waals surface area contributed by atoms with Crippen LogP contribution in [0, 0.1) is 12.8 Å². The predicted octanol–water partition coefficient (Wildman–Crippen LogP) is 5.99. The van der Waals surface area contributed by atoms with Crippen molar-refractivity contribution >= 4 is 22.3 Å². The molecule has 0 amide bonds. The molecule has 0 atom stereocenters. The van der Waals surface area contributed by atoms with Crippen molar-refractivity contribution in [3.63, 3.8) is 0 Å². The van der Waals surface area contributed by atoms with Crippen molar-refractivity contribution in [3.8, 4) is 12.8 Å². The number of terminal acetylenes is 1. The van der Waals surface area contributed by atoms with Gasteiger partial charge >= 0.3 is 0 Å². The lowest BCUT2D eigenvalue weighted by atomic mass is 9.97. The molecule has 4 nitrogen and oxygen atoms in total. The van der Waals surface area contributed by atoms with Gasteiger partial charge in [-0.25, -0.2) is 4.98 Å². The fourth-order valence-corrected chi connectivity index (χ4v) is 4.33. The van der Waals surface area contributed by atoms with E-state index >= 15 is 0 Å². The number of aromatic amines is 1. The summed E-state index contributed by atoms with van der Waals surface area (Å²) >= 11 is 0. The first-order valence-electron chi connectivity index (χ1n) is 11.5. The Morgan fingerprint density at radius 1 is 1.18 bits per heavy atom. The average molecular weight is 439 g/mol. The molecule has 1 aliphatic heterocycles. The van der Waals surface area contributed by atoms with E-state index in [9.17, 15) is 0 Å². The van der Waals surface area contributed by atoms with E-state index in [1.54, 1.807) is 0 Å². The first-order chi connectivity index (χ1) is 16.2. The molecule has 1 aliphatic rings. The second-order valence-corrected chi connectivity index (χ2v) is 8.33. The molecule has 0 spiro atoms. The number of rotatable bonds is 7. The van der Waals surface area contributed by atoms with Gasteiger partial charge in [-0.3, -0.25) is 4.90 Å². The molecule has 3 N–H and O–H groups in total. The third-order valence-electron chi connectivity index (χ3n) is 6.07. The highest BCUT2D eigenvalue weighted by atomic mass is 15.1. The van der Waals surface area contributed by atoms with Gasteiger partial charge in [-0.15, -0.1) is 12.8 Å². The molecule has 1 aromatic carbocycles. The number of nitrogens with zero attached hydrogens (tertiary/aromatic N) is 2. The smallest absolute Gasteiger partial charge is 0.137 e. The van der Waals surface area contributed by atoms with Crippen molar-refractivity contribution in [2.45, 2.75) is 32.6 Å². The van der Waals surface area contributed by atoms with E-state index in [1.165, 1.54) is 49.1 Å². The summed E-state index contributed by atoms with van der Waals surface area (Å²) in [5.41, 5.74) is 13.9. The normalized spacial score (nSPS) is 15.1. The van der Waals surface area contributed by atoms with E-state index in [0.29, 0.717) is 0 Å². The van der Waals surface area contributed by atoms with Crippen molar-refractivity contribution in [3.05, 3.63) is 89.8 Å². The number of hydrogen-bond donors (Lipinski definition) is 2. The van der Waals surface area contributed by atoms with Gasteiger partial charge in [0.15, 0.2) is 0 Å². The first kappa shape index (κ1) is 24.1. The van der Waals surface area contributed by atoms with Crippen LogP contribution >= 0.6 is 0 Å². The van der Waals surface area contributed by atoms with Gasteiger partial charge in [0.25, 0.3) is 0 Å². The highest BCUT2D eigenvalue weighted by molar-refractivity contribution is 5.78. The highest BCUT2D eigenvalue weighted by Crippen LogP contribution is 2.26. The fourth-order valence-electron chi connectivity index (χ4n) is 4.33. The number of nitrogen functional groups attached to an aromatic ring is 1. The van der Waals surface area contributed by atoms with Crippen molar-refractivity contribution < 1.29 is 0 Å². The summed E-state index contributed by atoms with van der Waals surface area (Å²) in [6.45, 7) is 9.48. The molecule has 33 heavy (non-hydrogen) atoms. The van der Waals surface area contributed by atoms with E-state index < -0.39 is 0 Å². The second-order valence-electron chi connectivity index (χ2n) is 8.33. The number of aromatic nitrogens is 2. The van der Waals surface area contributed by atoms with Crippen LogP contribution in [0.4, 0.5) is 5.69 Å². The quantitative estimate of drug-likeness (QED) is 0.271. The number of anilines is 1. The van der Waals surface area contributed by atoms with E-state index in [2.05, 4.69) is 77.6 Å². The Balaban J connectivity index is 0.00000149. The molecule has 0 saturated carbocycles. The lowest BCUT2D eigenvalue weighted by Crippen LogP contribution is -2.31. The molecule has 1 saturated heterocycles. The Bertz CT molecular complexity index is 1120. The van der Waals surface area contributed by atoms with Crippen molar-refractivity contribution in [1.82, 2.24) is 14.9 Å². The summed E-state index contributed by atoms with van der Waals surface area (Å²) in [4.78, 5) is 10.3. The summed E-state index contributed by atoms with van der Waals surface area (Å²) < 4.78 is 0. The van der Waals surface area contributed by atoms with E-state index in [-0.39, 0.29) is 0 Å². The van der Waals surface area contributed by atoms with Gasteiger partial charge in [-0.1, -0.05) is 37.3 Å². The number of nitrogens with two attached hydrogens (primary N) is 1. The summed E-state index contributed by atoms with van der Waals surface area (Å²) in [5.74, 6) is 0. The summed E-state index contributed by atoms with van der Waals surface area (Å²) in [7, 11) is 0. The molecule has 3 aromatic rings. The van der Waals surface area contributed by atoms with E-state index in [0.717, 1.165) is 40.9 Å². The lowest BCUT2D eigenvalue weighted by Gasteiger charge is -2.26. The molecule has 4 heteroatoms. The topological polar surface area (TPSA) is 57.9 Å². The highest BCUT2D eigenvalue weighted by Gasteiger charge is 2.12. The summed E-state index contributed by atoms with van der Waals surface area (Å²) in [5, 5.41) is 1.12. The van der Waals surface area contributed by atoms with Crippen molar-refractivity contribution in [1.29, 1.82) is 0 Å².